The van der Waals surface area contributed by atoms with Crippen molar-refractivity contribution in [1.29, 1.82) is 0 Å². The van der Waals surface area contributed by atoms with E-state index in [0.29, 0.717) is 24.0 Å². The lowest BCUT2D eigenvalue weighted by Gasteiger charge is -2.30. The Kier molecular flexibility index (Phi) is 4.91. The highest BCUT2D eigenvalue weighted by Crippen LogP contribution is 2.23. The molecule has 2 heterocycles. The van der Waals surface area contributed by atoms with Crippen LogP contribution in [0, 0.1) is 5.92 Å². The van der Waals surface area contributed by atoms with Gasteiger partial charge in [0.25, 0.3) is 0 Å². The van der Waals surface area contributed by atoms with Crippen LogP contribution in [-0.4, -0.2) is 40.2 Å². The van der Waals surface area contributed by atoms with E-state index in [0.717, 1.165) is 25.1 Å². The number of rotatable bonds is 4. The summed E-state index contributed by atoms with van der Waals surface area (Å²) in [6.07, 6.45) is 1.90. The molecule has 0 N–H and O–H groups in total. The fraction of sp³-hybridized carbons (Fsp3) is 0.727. The lowest BCUT2D eigenvalue weighted by molar-refractivity contribution is -0.150. The first kappa shape index (κ1) is 13.7. The minimum absolute atomic E-state index is 0.0240. The van der Waals surface area contributed by atoms with Crippen LogP contribution in [0.4, 0.5) is 0 Å². The number of carbonyl (C=O) groups excluding carboxylic acids is 1. The zero-order chi connectivity index (χ0) is 13.0. The first-order valence-corrected chi connectivity index (χ1v) is 7.21. The number of likely N-dealkylation sites (tertiary alicyclic amines) is 1. The Morgan fingerprint density at radius 3 is 3.17 bits per heavy atom. The Bertz CT molecular complexity index is 413. The lowest BCUT2D eigenvalue weighted by Crippen LogP contribution is -2.39. The van der Waals surface area contributed by atoms with E-state index in [-0.39, 0.29) is 11.9 Å². The van der Waals surface area contributed by atoms with Crippen LogP contribution in [-0.2, 0) is 16.1 Å². The average molecular weight is 290 g/mol. The van der Waals surface area contributed by atoms with Crippen LogP contribution in [0.15, 0.2) is 0 Å². The van der Waals surface area contributed by atoms with Crippen LogP contribution in [0.5, 0.6) is 0 Å². The molecule has 1 aromatic rings. The third-order valence-corrected chi connectivity index (χ3v) is 3.99. The SMILES string of the molecule is CCOC(=O)[C@H]1CCCN(Cc2nnsc2Cl)C1. The van der Waals surface area contributed by atoms with Crippen LogP contribution in [0.1, 0.15) is 25.5 Å². The van der Waals surface area contributed by atoms with Crippen molar-refractivity contribution in [2.24, 2.45) is 5.92 Å². The fourth-order valence-electron chi connectivity index (χ4n) is 2.15. The first-order chi connectivity index (χ1) is 8.70. The van der Waals surface area contributed by atoms with Gasteiger partial charge >= 0.3 is 5.97 Å². The monoisotopic (exact) mass is 289 g/mol. The molecule has 0 aromatic carbocycles. The molecule has 1 saturated heterocycles. The van der Waals surface area contributed by atoms with Crippen molar-refractivity contribution >= 4 is 29.1 Å². The van der Waals surface area contributed by atoms with E-state index in [1.807, 2.05) is 6.92 Å². The number of piperidine rings is 1. The summed E-state index contributed by atoms with van der Waals surface area (Å²) in [5, 5.41) is 3.99. The van der Waals surface area contributed by atoms with Crippen LogP contribution < -0.4 is 0 Å². The van der Waals surface area contributed by atoms with E-state index in [9.17, 15) is 4.79 Å². The highest BCUT2D eigenvalue weighted by atomic mass is 35.5. The number of halogens is 1. The zero-order valence-electron chi connectivity index (χ0n) is 10.3. The Morgan fingerprint density at radius 1 is 1.67 bits per heavy atom. The molecular weight excluding hydrogens is 274 g/mol. The lowest BCUT2D eigenvalue weighted by atomic mass is 9.98. The standard InChI is InChI=1S/C11H16ClN3O2S/c1-2-17-11(16)8-4-3-5-15(6-8)7-9-10(12)18-14-13-9/h8H,2-7H2,1H3/t8-/m0/s1. The molecule has 0 radical (unpaired) electrons. The van der Waals surface area contributed by atoms with Gasteiger partial charge in [-0.05, 0) is 26.3 Å². The first-order valence-electron chi connectivity index (χ1n) is 6.06. The number of esters is 1. The van der Waals surface area contributed by atoms with Gasteiger partial charge in [0.05, 0.1) is 12.5 Å². The van der Waals surface area contributed by atoms with E-state index >= 15 is 0 Å². The maximum absolute atomic E-state index is 11.7. The molecule has 0 unspecified atom stereocenters. The molecule has 0 amide bonds. The van der Waals surface area contributed by atoms with Crippen LogP contribution >= 0.6 is 23.1 Å². The number of hydrogen-bond donors (Lipinski definition) is 0. The van der Waals surface area contributed by atoms with Gasteiger partial charge in [-0.1, -0.05) is 16.1 Å². The molecule has 5 nitrogen and oxygen atoms in total. The number of nitrogens with zero attached hydrogens (tertiary/aromatic N) is 3. The van der Waals surface area contributed by atoms with Gasteiger partial charge in [-0.2, -0.15) is 0 Å². The molecular formula is C11H16ClN3O2S. The molecule has 1 aliphatic rings. The van der Waals surface area contributed by atoms with Crippen LogP contribution in [0.3, 0.4) is 0 Å². The van der Waals surface area contributed by atoms with Gasteiger partial charge in [0, 0.05) is 24.6 Å². The number of ether oxygens (including phenoxy) is 1. The molecule has 0 aliphatic carbocycles. The molecule has 0 spiro atoms. The van der Waals surface area contributed by atoms with E-state index in [2.05, 4.69) is 14.5 Å². The van der Waals surface area contributed by atoms with Gasteiger partial charge in [-0.3, -0.25) is 9.69 Å². The maximum Gasteiger partial charge on any atom is 0.310 e. The van der Waals surface area contributed by atoms with Crippen molar-refractivity contribution in [2.75, 3.05) is 19.7 Å². The third kappa shape index (κ3) is 3.40. The molecule has 0 saturated carbocycles. The Hall–Kier alpha value is -0.720. The molecule has 18 heavy (non-hydrogen) atoms. The third-order valence-electron chi connectivity index (χ3n) is 3.01. The van der Waals surface area contributed by atoms with E-state index in [1.54, 1.807) is 0 Å². The number of aromatic nitrogens is 2. The smallest absolute Gasteiger partial charge is 0.310 e. The summed E-state index contributed by atoms with van der Waals surface area (Å²) >= 11 is 7.18. The van der Waals surface area contributed by atoms with Crippen molar-refractivity contribution < 1.29 is 9.53 Å². The summed E-state index contributed by atoms with van der Waals surface area (Å²) in [7, 11) is 0. The van der Waals surface area contributed by atoms with Crippen LogP contribution in [0.2, 0.25) is 4.34 Å². The Morgan fingerprint density at radius 2 is 2.50 bits per heavy atom. The second-order valence-electron chi connectivity index (χ2n) is 4.32. The molecule has 7 heteroatoms. The summed E-state index contributed by atoms with van der Waals surface area (Å²) in [5.41, 5.74) is 0.797. The fourth-order valence-corrected chi connectivity index (χ4v) is 2.77. The topological polar surface area (TPSA) is 55.3 Å². The predicted octanol–water partition coefficient (Wildman–Crippen LogP) is 1.97. The van der Waals surface area contributed by atoms with Crippen LogP contribution in [0.25, 0.3) is 0 Å². The maximum atomic E-state index is 11.7. The summed E-state index contributed by atoms with van der Waals surface area (Å²) in [6.45, 7) is 4.61. The summed E-state index contributed by atoms with van der Waals surface area (Å²) in [5.74, 6) is -0.117. The van der Waals surface area contributed by atoms with Gasteiger partial charge in [0.2, 0.25) is 0 Å². The van der Waals surface area contributed by atoms with Gasteiger partial charge < -0.3 is 4.74 Å². The molecule has 0 bridgehead atoms. The molecule has 1 aliphatic heterocycles. The van der Waals surface area contributed by atoms with Gasteiger partial charge in [-0.15, -0.1) is 5.10 Å². The van der Waals surface area contributed by atoms with Gasteiger partial charge in [0.15, 0.2) is 0 Å². The second kappa shape index (κ2) is 6.45. The minimum Gasteiger partial charge on any atom is -0.466 e. The van der Waals surface area contributed by atoms with Crippen molar-refractivity contribution in [2.45, 2.75) is 26.3 Å². The number of carbonyl (C=O) groups is 1. The van der Waals surface area contributed by atoms with Crippen molar-refractivity contribution in [1.82, 2.24) is 14.5 Å². The molecule has 100 valence electrons. The second-order valence-corrected chi connectivity index (χ2v) is 5.68. The van der Waals surface area contributed by atoms with Crippen molar-refractivity contribution in [3.8, 4) is 0 Å². The summed E-state index contributed by atoms with van der Waals surface area (Å²) in [6, 6.07) is 0. The molecule has 1 aromatic heterocycles. The Balaban J connectivity index is 1.91. The van der Waals surface area contributed by atoms with Gasteiger partial charge in [-0.25, -0.2) is 0 Å². The highest BCUT2D eigenvalue weighted by Gasteiger charge is 2.27. The molecule has 1 atom stereocenters. The van der Waals surface area contributed by atoms with E-state index in [1.165, 1.54) is 11.5 Å². The predicted molar refractivity (Wildman–Crippen MR) is 69.6 cm³/mol. The number of hydrogen-bond acceptors (Lipinski definition) is 6. The van der Waals surface area contributed by atoms with Crippen molar-refractivity contribution in [3.63, 3.8) is 0 Å². The van der Waals surface area contributed by atoms with E-state index < -0.39 is 0 Å². The largest absolute Gasteiger partial charge is 0.466 e. The summed E-state index contributed by atoms with van der Waals surface area (Å²) < 4.78 is 9.52. The zero-order valence-corrected chi connectivity index (χ0v) is 11.8. The molecule has 2 rings (SSSR count). The Labute approximate surface area is 115 Å². The average Bonchev–Trinajstić information content (AvgIpc) is 2.76. The highest BCUT2D eigenvalue weighted by molar-refractivity contribution is 7.10. The quantitative estimate of drug-likeness (QED) is 0.793. The van der Waals surface area contributed by atoms with Crippen molar-refractivity contribution in [3.05, 3.63) is 10.0 Å². The summed E-state index contributed by atoms with van der Waals surface area (Å²) in [4.78, 5) is 13.9. The van der Waals surface area contributed by atoms with Gasteiger partial charge in [0.1, 0.15) is 10.0 Å². The normalized spacial score (nSPS) is 20.9. The molecule has 1 fully saturated rings. The van der Waals surface area contributed by atoms with E-state index in [4.69, 9.17) is 16.3 Å². The minimum atomic E-state index is -0.0929.